The molecule has 38 heavy (non-hydrogen) atoms. The van der Waals surface area contributed by atoms with E-state index >= 15 is 0 Å². The van der Waals surface area contributed by atoms with Crippen LogP contribution < -0.4 is 14.4 Å². The summed E-state index contributed by atoms with van der Waals surface area (Å²) >= 11 is 0. The zero-order valence-corrected chi connectivity index (χ0v) is 25.6. The monoisotopic (exact) mass is 554 g/mol. The second-order valence-electron chi connectivity index (χ2n) is 11.6. The average molecular weight is 555 g/mol. The SMILES string of the molecule is CCOP(=O)(Cc1cc(C(C)(C)C)c(OP2Oc3ccccc3-c3ccccc32)c(C(C)(C)C)c1)OCC. The van der Waals surface area contributed by atoms with Gasteiger partial charge >= 0.3 is 16.0 Å². The molecule has 0 saturated heterocycles. The number of fused-ring (bicyclic) bond motifs is 3. The number of hydrogen-bond acceptors (Lipinski definition) is 5. The molecule has 0 radical (unpaired) electrons. The van der Waals surface area contributed by atoms with Gasteiger partial charge in [-0.05, 0) is 47.9 Å². The van der Waals surface area contributed by atoms with Crippen molar-refractivity contribution in [2.45, 2.75) is 72.4 Å². The molecule has 0 bridgehead atoms. The van der Waals surface area contributed by atoms with Crippen molar-refractivity contribution >= 4 is 21.3 Å². The smallest absolute Gasteiger partial charge is 0.335 e. The van der Waals surface area contributed by atoms with Crippen LogP contribution in [0.25, 0.3) is 11.1 Å². The molecule has 0 spiro atoms. The van der Waals surface area contributed by atoms with Gasteiger partial charge in [-0.1, -0.05) is 90.1 Å². The zero-order valence-electron chi connectivity index (χ0n) is 23.8. The fraction of sp³-hybridized carbons (Fsp3) is 0.419. The third-order valence-corrected chi connectivity index (χ3v) is 9.98. The number of para-hydroxylation sites is 1. The minimum absolute atomic E-state index is 0.211. The highest BCUT2D eigenvalue weighted by Crippen LogP contribution is 2.55. The van der Waals surface area contributed by atoms with Crippen LogP contribution in [-0.4, -0.2) is 13.2 Å². The standard InChI is InChI=1S/C31H40O5P2/c1-9-33-38(32,34-10-2)21-22-19-25(30(3,4)5)29(26(20-22)31(6,7)8)36-37-28-18-14-12-16-24(28)23-15-11-13-17-27(23)35-37/h11-20H,9-10,21H2,1-8H3. The molecule has 204 valence electrons. The predicted octanol–water partition coefficient (Wildman–Crippen LogP) is 9.12. The van der Waals surface area contributed by atoms with Gasteiger partial charge in [0, 0.05) is 16.7 Å². The summed E-state index contributed by atoms with van der Waals surface area (Å²) in [7, 11) is -4.71. The Bertz CT molecular complexity index is 1290. The van der Waals surface area contributed by atoms with Crippen LogP contribution in [0.3, 0.4) is 0 Å². The molecule has 1 unspecified atom stereocenters. The Kier molecular flexibility index (Phi) is 8.46. The first-order valence-electron chi connectivity index (χ1n) is 13.3. The molecule has 0 amide bonds. The van der Waals surface area contributed by atoms with E-state index in [1.807, 2.05) is 38.1 Å². The number of hydrogen-bond donors (Lipinski definition) is 0. The number of benzene rings is 3. The minimum Gasteiger partial charge on any atom is -0.435 e. The second-order valence-corrected chi connectivity index (χ2v) is 15.0. The van der Waals surface area contributed by atoms with Gasteiger partial charge in [0.25, 0.3) is 0 Å². The lowest BCUT2D eigenvalue weighted by Gasteiger charge is -2.34. The van der Waals surface area contributed by atoms with Gasteiger partial charge in [0.15, 0.2) is 0 Å². The summed E-state index contributed by atoms with van der Waals surface area (Å²) in [4.78, 5) is 0. The van der Waals surface area contributed by atoms with E-state index in [0.717, 1.165) is 44.6 Å². The molecule has 1 atom stereocenters. The lowest BCUT2D eigenvalue weighted by Crippen LogP contribution is -2.23. The van der Waals surface area contributed by atoms with E-state index in [9.17, 15) is 4.57 Å². The predicted molar refractivity (Wildman–Crippen MR) is 158 cm³/mol. The van der Waals surface area contributed by atoms with Crippen LogP contribution in [0, 0.1) is 0 Å². The largest absolute Gasteiger partial charge is 0.435 e. The molecule has 0 aliphatic carbocycles. The fourth-order valence-corrected chi connectivity index (χ4v) is 7.86. The van der Waals surface area contributed by atoms with Gasteiger partial charge in [0.2, 0.25) is 0 Å². The van der Waals surface area contributed by atoms with Gasteiger partial charge in [-0.3, -0.25) is 4.57 Å². The number of rotatable bonds is 8. The molecule has 4 rings (SSSR count). The van der Waals surface area contributed by atoms with Crippen molar-refractivity contribution < 1.29 is 22.7 Å². The van der Waals surface area contributed by atoms with Gasteiger partial charge < -0.3 is 18.1 Å². The van der Waals surface area contributed by atoms with Crippen LogP contribution in [0.5, 0.6) is 11.5 Å². The maximum Gasteiger partial charge on any atom is 0.335 e. The summed E-state index contributed by atoms with van der Waals surface area (Å²) in [6, 6.07) is 20.6. The van der Waals surface area contributed by atoms with E-state index in [1.54, 1.807) is 0 Å². The average Bonchev–Trinajstić information content (AvgIpc) is 2.83. The fourth-order valence-electron chi connectivity index (χ4n) is 4.66. The normalized spacial score (nSPS) is 15.4. The first kappa shape index (κ1) is 28.8. The van der Waals surface area contributed by atoms with Crippen molar-refractivity contribution in [1.82, 2.24) is 0 Å². The Morgan fingerprint density at radius 3 is 1.87 bits per heavy atom. The maximum atomic E-state index is 13.5. The molecular weight excluding hydrogens is 514 g/mol. The van der Waals surface area contributed by atoms with E-state index < -0.39 is 16.0 Å². The molecule has 0 aromatic heterocycles. The third-order valence-electron chi connectivity index (χ3n) is 6.43. The molecule has 0 N–H and O–H groups in total. The molecule has 3 aromatic rings. The van der Waals surface area contributed by atoms with Crippen LogP contribution in [0.1, 0.15) is 72.1 Å². The molecule has 1 aliphatic rings. The van der Waals surface area contributed by atoms with Crippen LogP contribution in [0.15, 0.2) is 60.7 Å². The highest BCUT2D eigenvalue weighted by Gasteiger charge is 2.35. The van der Waals surface area contributed by atoms with Gasteiger partial charge in [-0.25, -0.2) is 0 Å². The molecule has 5 nitrogen and oxygen atoms in total. The van der Waals surface area contributed by atoms with Crippen molar-refractivity contribution in [2.75, 3.05) is 13.2 Å². The Hall–Kier alpha value is -2.16. The quantitative estimate of drug-likeness (QED) is 0.260. The van der Waals surface area contributed by atoms with Crippen molar-refractivity contribution in [3.63, 3.8) is 0 Å². The molecule has 1 aliphatic heterocycles. The van der Waals surface area contributed by atoms with Crippen molar-refractivity contribution in [2.24, 2.45) is 0 Å². The van der Waals surface area contributed by atoms with Crippen molar-refractivity contribution in [3.8, 4) is 22.6 Å². The van der Waals surface area contributed by atoms with Crippen molar-refractivity contribution in [3.05, 3.63) is 77.4 Å². The van der Waals surface area contributed by atoms with Crippen LogP contribution in [0.2, 0.25) is 0 Å². The van der Waals surface area contributed by atoms with Crippen LogP contribution in [0.4, 0.5) is 0 Å². The Morgan fingerprint density at radius 1 is 0.789 bits per heavy atom. The highest BCUT2D eigenvalue weighted by atomic mass is 31.2. The summed E-state index contributed by atoms with van der Waals surface area (Å²) < 4.78 is 38.2. The lowest BCUT2D eigenvalue weighted by atomic mass is 9.78. The first-order chi connectivity index (χ1) is 17.9. The third kappa shape index (κ3) is 6.18. The van der Waals surface area contributed by atoms with Crippen LogP contribution in [-0.2, 0) is 30.6 Å². The maximum absolute atomic E-state index is 13.5. The van der Waals surface area contributed by atoms with Gasteiger partial charge in [0.1, 0.15) is 11.5 Å². The molecular formula is C31H40O5P2. The van der Waals surface area contributed by atoms with E-state index in [4.69, 9.17) is 18.1 Å². The van der Waals surface area contributed by atoms with Crippen LogP contribution >= 0.6 is 16.0 Å². The molecule has 7 heteroatoms. The topological polar surface area (TPSA) is 54.0 Å². The summed E-state index contributed by atoms with van der Waals surface area (Å²) in [5, 5.41) is 1.06. The Morgan fingerprint density at radius 2 is 1.32 bits per heavy atom. The second kappa shape index (κ2) is 11.1. The van der Waals surface area contributed by atoms with Gasteiger partial charge in [-0.15, -0.1) is 0 Å². The summed E-state index contributed by atoms with van der Waals surface area (Å²) in [5.74, 6) is 1.66. The highest BCUT2D eigenvalue weighted by molar-refractivity contribution is 7.57. The van der Waals surface area contributed by atoms with E-state index in [0.29, 0.717) is 13.2 Å². The molecule has 0 saturated carbocycles. The van der Waals surface area contributed by atoms with Gasteiger partial charge in [-0.2, -0.15) is 0 Å². The van der Waals surface area contributed by atoms with E-state index in [-0.39, 0.29) is 17.0 Å². The first-order valence-corrected chi connectivity index (χ1v) is 16.2. The minimum atomic E-state index is -3.28. The summed E-state index contributed by atoms with van der Waals surface area (Å²) in [6.07, 6.45) is 0.211. The van der Waals surface area contributed by atoms with E-state index in [2.05, 4.69) is 77.9 Å². The van der Waals surface area contributed by atoms with Gasteiger partial charge in [0.05, 0.1) is 24.7 Å². The summed E-state index contributed by atoms with van der Waals surface area (Å²) in [6.45, 7) is 17.4. The molecule has 3 aromatic carbocycles. The van der Waals surface area contributed by atoms with E-state index in [1.165, 1.54) is 0 Å². The lowest BCUT2D eigenvalue weighted by molar-refractivity contribution is 0.219. The zero-order chi connectivity index (χ0) is 27.7. The Labute approximate surface area is 229 Å². The summed E-state index contributed by atoms with van der Waals surface area (Å²) in [5.41, 5.74) is 4.74. The van der Waals surface area contributed by atoms with Crippen molar-refractivity contribution in [1.29, 1.82) is 0 Å². The Balaban J connectivity index is 1.85. The molecule has 0 fully saturated rings. The molecule has 1 heterocycles.